The van der Waals surface area contributed by atoms with Crippen molar-refractivity contribution in [3.63, 3.8) is 0 Å². The van der Waals surface area contributed by atoms with E-state index in [0.29, 0.717) is 17.8 Å². The summed E-state index contributed by atoms with van der Waals surface area (Å²) in [6.07, 6.45) is -2.84. The summed E-state index contributed by atoms with van der Waals surface area (Å²) in [4.78, 5) is 4.71. The highest BCUT2D eigenvalue weighted by Crippen LogP contribution is 2.32. The zero-order valence-corrected chi connectivity index (χ0v) is 19.7. The second kappa shape index (κ2) is 9.82. The van der Waals surface area contributed by atoms with Crippen molar-refractivity contribution in [1.82, 2.24) is 14.8 Å². The SMILES string of the molecule is CCCc1nc(-c2ccc(C(F)(F)F)cc2)nn1-c1cc(-c2ccccc2)cc(-c2ccccc2)c1. The number of nitrogens with zero attached hydrogens (tertiary/aromatic N) is 3. The second-order valence-corrected chi connectivity index (χ2v) is 8.59. The summed E-state index contributed by atoms with van der Waals surface area (Å²) < 4.78 is 40.9. The standard InChI is InChI=1S/C30H24F3N3/c1-2-9-28-34-29(23-14-16-26(17-15-23)30(31,32)33)35-36(28)27-19-24(21-10-5-3-6-11-21)18-25(20-27)22-12-7-4-8-13-22/h3-8,10-20H,2,9H2,1H3. The molecule has 0 fully saturated rings. The maximum Gasteiger partial charge on any atom is 0.416 e. The van der Waals surface area contributed by atoms with Crippen LogP contribution in [-0.2, 0) is 12.6 Å². The van der Waals surface area contributed by atoms with Crippen molar-refractivity contribution in [2.45, 2.75) is 25.9 Å². The highest BCUT2D eigenvalue weighted by molar-refractivity contribution is 5.76. The van der Waals surface area contributed by atoms with E-state index in [1.54, 1.807) is 0 Å². The molecule has 0 saturated heterocycles. The lowest BCUT2D eigenvalue weighted by Gasteiger charge is -2.12. The van der Waals surface area contributed by atoms with Crippen LogP contribution in [0.25, 0.3) is 39.3 Å². The first kappa shape index (κ1) is 23.5. The molecule has 5 rings (SSSR count). The predicted molar refractivity (Wildman–Crippen MR) is 137 cm³/mol. The zero-order valence-electron chi connectivity index (χ0n) is 19.7. The summed E-state index contributed by atoms with van der Waals surface area (Å²) in [5.74, 6) is 1.16. The Balaban J connectivity index is 1.64. The van der Waals surface area contributed by atoms with E-state index >= 15 is 0 Å². The number of rotatable bonds is 6. The summed E-state index contributed by atoms with van der Waals surface area (Å²) in [6, 6.07) is 31.5. The topological polar surface area (TPSA) is 30.7 Å². The predicted octanol–water partition coefficient (Wildman–Crippen LogP) is 8.24. The summed E-state index contributed by atoms with van der Waals surface area (Å²) >= 11 is 0. The Bertz CT molecular complexity index is 1400. The van der Waals surface area contributed by atoms with Crippen LogP contribution in [0.4, 0.5) is 13.2 Å². The Hall–Kier alpha value is -4.19. The number of benzene rings is 4. The maximum absolute atomic E-state index is 13.0. The molecule has 0 spiro atoms. The molecule has 0 amide bonds. The molecule has 0 aliphatic heterocycles. The first-order valence-electron chi connectivity index (χ1n) is 11.8. The molecule has 0 N–H and O–H groups in total. The molecule has 0 saturated carbocycles. The maximum atomic E-state index is 13.0. The summed E-state index contributed by atoms with van der Waals surface area (Å²) in [7, 11) is 0. The molecule has 1 aromatic heterocycles. The van der Waals surface area contributed by atoms with Crippen LogP contribution in [0.2, 0.25) is 0 Å². The molecule has 0 bridgehead atoms. The monoisotopic (exact) mass is 483 g/mol. The van der Waals surface area contributed by atoms with Crippen LogP contribution in [0.5, 0.6) is 0 Å². The molecule has 3 nitrogen and oxygen atoms in total. The van der Waals surface area contributed by atoms with Gasteiger partial charge in [-0.05, 0) is 59.0 Å². The lowest BCUT2D eigenvalue weighted by atomic mass is 9.98. The van der Waals surface area contributed by atoms with Crippen LogP contribution in [0.1, 0.15) is 24.7 Å². The molecule has 1 heterocycles. The second-order valence-electron chi connectivity index (χ2n) is 8.59. The molecular formula is C30H24F3N3. The number of halogens is 3. The van der Waals surface area contributed by atoms with Gasteiger partial charge in [-0.15, -0.1) is 5.10 Å². The van der Waals surface area contributed by atoms with Gasteiger partial charge in [0.2, 0.25) is 0 Å². The van der Waals surface area contributed by atoms with Crippen LogP contribution in [0.3, 0.4) is 0 Å². The number of aromatic nitrogens is 3. The number of hydrogen-bond acceptors (Lipinski definition) is 2. The Morgan fingerprint density at radius 3 is 1.72 bits per heavy atom. The number of aryl methyl sites for hydroxylation is 1. The van der Waals surface area contributed by atoms with Gasteiger partial charge in [-0.3, -0.25) is 0 Å². The van der Waals surface area contributed by atoms with Crippen LogP contribution in [-0.4, -0.2) is 14.8 Å². The molecular weight excluding hydrogens is 459 g/mol. The van der Waals surface area contributed by atoms with Crippen LogP contribution < -0.4 is 0 Å². The zero-order chi connectivity index (χ0) is 25.1. The molecule has 180 valence electrons. The van der Waals surface area contributed by atoms with E-state index in [0.717, 1.165) is 52.3 Å². The molecule has 5 aromatic rings. The Morgan fingerprint density at radius 2 is 1.22 bits per heavy atom. The van der Waals surface area contributed by atoms with Crippen LogP contribution in [0, 0.1) is 0 Å². The number of hydrogen-bond donors (Lipinski definition) is 0. The molecule has 0 aliphatic rings. The highest BCUT2D eigenvalue weighted by atomic mass is 19.4. The summed E-state index contributed by atoms with van der Waals surface area (Å²) in [5.41, 5.74) is 4.95. The van der Waals surface area contributed by atoms with Gasteiger partial charge in [-0.25, -0.2) is 9.67 Å². The fraction of sp³-hybridized carbons (Fsp3) is 0.133. The summed E-state index contributed by atoms with van der Waals surface area (Å²) in [5, 5.41) is 4.76. The van der Waals surface area contributed by atoms with Crippen LogP contribution in [0.15, 0.2) is 103 Å². The van der Waals surface area contributed by atoms with E-state index in [-0.39, 0.29) is 0 Å². The van der Waals surface area contributed by atoms with Gasteiger partial charge in [-0.2, -0.15) is 13.2 Å². The smallest absolute Gasteiger partial charge is 0.217 e. The number of alkyl halides is 3. The Labute approximate surface area is 207 Å². The third kappa shape index (κ3) is 4.93. The summed E-state index contributed by atoms with van der Waals surface area (Å²) in [6.45, 7) is 2.06. The first-order chi connectivity index (χ1) is 17.4. The van der Waals surface area contributed by atoms with Crippen molar-refractivity contribution < 1.29 is 13.2 Å². The van der Waals surface area contributed by atoms with Crippen molar-refractivity contribution in [2.24, 2.45) is 0 Å². The molecule has 4 aromatic carbocycles. The molecule has 0 unspecified atom stereocenters. The fourth-order valence-electron chi connectivity index (χ4n) is 4.20. The Kier molecular flexibility index (Phi) is 6.42. The molecule has 0 atom stereocenters. The third-order valence-electron chi connectivity index (χ3n) is 5.99. The van der Waals surface area contributed by atoms with Crippen molar-refractivity contribution in [2.75, 3.05) is 0 Å². The minimum absolute atomic E-state index is 0.401. The van der Waals surface area contributed by atoms with Crippen LogP contribution >= 0.6 is 0 Å². The molecule has 0 radical (unpaired) electrons. The van der Waals surface area contributed by atoms with Crippen molar-refractivity contribution in [3.05, 3.63) is 115 Å². The van der Waals surface area contributed by atoms with Gasteiger partial charge in [0.25, 0.3) is 0 Å². The molecule has 6 heteroatoms. The average Bonchev–Trinajstić information content (AvgIpc) is 3.33. The van der Waals surface area contributed by atoms with Crippen molar-refractivity contribution >= 4 is 0 Å². The average molecular weight is 484 g/mol. The van der Waals surface area contributed by atoms with Gasteiger partial charge in [0.05, 0.1) is 11.3 Å². The largest absolute Gasteiger partial charge is 0.416 e. The lowest BCUT2D eigenvalue weighted by molar-refractivity contribution is -0.137. The van der Waals surface area contributed by atoms with Gasteiger partial charge < -0.3 is 0 Å². The van der Waals surface area contributed by atoms with Crippen molar-refractivity contribution in [3.8, 4) is 39.3 Å². The minimum Gasteiger partial charge on any atom is -0.217 e. The molecule has 0 aliphatic carbocycles. The minimum atomic E-state index is -4.38. The van der Waals surface area contributed by atoms with Gasteiger partial charge in [-0.1, -0.05) is 79.7 Å². The van der Waals surface area contributed by atoms with Gasteiger partial charge in [0, 0.05) is 12.0 Å². The van der Waals surface area contributed by atoms with Crippen molar-refractivity contribution in [1.29, 1.82) is 0 Å². The van der Waals surface area contributed by atoms with E-state index < -0.39 is 11.7 Å². The van der Waals surface area contributed by atoms with E-state index in [4.69, 9.17) is 10.1 Å². The normalized spacial score (nSPS) is 11.6. The van der Waals surface area contributed by atoms with E-state index in [1.807, 2.05) is 41.1 Å². The lowest BCUT2D eigenvalue weighted by Crippen LogP contribution is -2.04. The Morgan fingerprint density at radius 1 is 0.667 bits per heavy atom. The fourth-order valence-corrected chi connectivity index (χ4v) is 4.20. The van der Waals surface area contributed by atoms with Gasteiger partial charge >= 0.3 is 6.18 Å². The first-order valence-corrected chi connectivity index (χ1v) is 11.8. The third-order valence-corrected chi connectivity index (χ3v) is 5.99. The van der Waals surface area contributed by atoms with E-state index in [2.05, 4.69) is 49.4 Å². The van der Waals surface area contributed by atoms with Gasteiger partial charge in [0.15, 0.2) is 5.82 Å². The quantitative estimate of drug-likeness (QED) is 0.243. The van der Waals surface area contributed by atoms with E-state index in [1.165, 1.54) is 12.1 Å². The van der Waals surface area contributed by atoms with Gasteiger partial charge in [0.1, 0.15) is 5.82 Å². The highest BCUT2D eigenvalue weighted by Gasteiger charge is 2.30. The molecule has 36 heavy (non-hydrogen) atoms. The van der Waals surface area contributed by atoms with E-state index in [9.17, 15) is 13.2 Å².